The van der Waals surface area contributed by atoms with Crippen LogP contribution < -0.4 is 15.7 Å². The highest BCUT2D eigenvalue weighted by Crippen LogP contribution is 2.32. The number of rotatable bonds is 6. The maximum absolute atomic E-state index is 15.5. The number of pyridine rings is 1. The first-order chi connectivity index (χ1) is 17.4. The SMILES string of the molecule is Cc1cccnc1NC(=O)c1cc(F)c(-n2nc3n(c2=O)CCCC3)cc1O[C@@H](C)C1CCCCC1. The zero-order chi connectivity index (χ0) is 25.2. The molecule has 190 valence electrons. The molecule has 0 saturated heterocycles. The summed E-state index contributed by atoms with van der Waals surface area (Å²) in [5, 5.41) is 7.18. The Morgan fingerprint density at radius 1 is 1.19 bits per heavy atom. The number of aromatic nitrogens is 4. The fourth-order valence-corrected chi connectivity index (χ4v) is 5.23. The number of aryl methyl sites for hydroxylation is 2. The average Bonchev–Trinajstić information content (AvgIpc) is 3.23. The lowest BCUT2D eigenvalue weighted by Gasteiger charge is -2.29. The number of anilines is 1. The molecule has 1 saturated carbocycles. The van der Waals surface area contributed by atoms with Gasteiger partial charge in [-0.2, -0.15) is 4.68 Å². The molecule has 1 N–H and O–H groups in total. The fraction of sp³-hybridized carbons (Fsp3) is 0.481. The van der Waals surface area contributed by atoms with Crippen molar-refractivity contribution in [3.63, 3.8) is 0 Å². The summed E-state index contributed by atoms with van der Waals surface area (Å²) in [6.45, 7) is 4.40. The first-order valence-corrected chi connectivity index (χ1v) is 12.8. The number of halogens is 1. The zero-order valence-electron chi connectivity index (χ0n) is 20.8. The Morgan fingerprint density at radius 3 is 2.75 bits per heavy atom. The second kappa shape index (κ2) is 10.2. The third-order valence-corrected chi connectivity index (χ3v) is 7.36. The van der Waals surface area contributed by atoms with Gasteiger partial charge in [0.25, 0.3) is 5.91 Å². The predicted octanol–water partition coefficient (Wildman–Crippen LogP) is 4.81. The Balaban J connectivity index is 1.54. The normalized spacial score (nSPS) is 16.9. The number of carbonyl (C=O) groups is 1. The molecule has 2 aliphatic rings. The summed E-state index contributed by atoms with van der Waals surface area (Å²) in [5.41, 5.74) is 0.451. The predicted molar refractivity (Wildman–Crippen MR) is 134 cm³/mol. The van der Waals surface area contributed by atoms with Crippen molar-refractivity contribution in [3.8, 4) is 11.4 Å². The van der Waals surface area contributed by atoms with Crippen LogP contribution in [0.2, 0.25) is 0 Å². The second-order valence-corrected chi connectivity index (χ2v) is 9.86. The van der Waals surface area contributed by atoms with E-state index in [9.17, 15) is 9.59 Å². The van der Waals surface area contributed by atoms with Crippen LogP contribution in [0.25, 0.3) is 5.69 Å². The van der Waals surface area contributed by atoms with Crippen LogP contribution in [0.3, 0.4) is 0 Å². The summed E-state index contributed by atoms with van der Waals surface area (Å²) in [7, 11) is 0. The minimum atomic E-state index is -0.715. The molecule has 36 heavy (non-hydrogen) atoms. The molecule has 9 heteroatoms. The molecule has 8 nitrogen and oxygen atoms in total. The molecule has 5 rings (SSSR count). The Kier molecular flexibility index (Phi) is 6.89. The van der Waals surface area contributed by atoms with Crippen LogP contribution in [0.1, 0.15) is 73.6 Å². The molecule has 1 aliphatic carbocycles. The van der Waals surface area contributed by atoms with Gasteiger partial charge in [-0.1, -0.05) is 25.3 Å². The van der Waals surface area contributed by atoms with Crippen LogP contribution in [-0.4, -0.2) is 31.3 Å². The number of ether oxygens (including phenoxy) is 1. The van der Waals surface area contributed by atoms with Crippen molar-refractivity contribution in [1.29, 1.82) is 0 Å². The third-order valence-electron chi connectivity index (χ3n) is 7.36. The van der Waals surface area contributed by atoms with Gasteiger partial charge in [-0.05, 0) is 63.1 Å². The highest BCUT2D eigenvalue weighted by atomic mass is 19.1. The van der Waals surface area contributed by atoms with Gasteiger partial charge in [0.2, 0.25) is 0 Å². The first-order valence-electron chi connectivity index (χ1n) is 12.8. The lowest BCUT2D eigenvalue weighted by molar-refractivity contribution is 0.0996. The molecular formula is C27H32FN5O3. The van der Waals surface area contributed by atoms with Crippen molar-refractivity contribution in [2.24, 2.45) is 5.92 Å². The van der Waals surface area contributed by atoms with Crippen LogP contribution >= 0.6 is 0 Å². The van der Waals surface area contributed by atoms with E-state index in [1.165, 1.54) is 12.5 Å². The minimum absolute atomic E-state index is 0.0155. The molecule has 0 unspecified atom stereocenters. The van der Waals surface area contributed by atoms with Crippen LogP contribution in [0.5, 0.6) is 5.75 Å². The van der Waals surface area contributed by atoms with Crippen molar-refractivity contribution in [2.45, 2.75) is 77.9 Å². The molecule has 1 fully saturated rings. The van der Waals surface area contributed by atoms with Crippen LogP contribution in [-0.2, 0) is 13.0 Å². The van der Waals surface area contributed by atoms with Crippen LogP contribution in [0.15, 0.2) is 35.3 Å². The summed E-state index contributed by atoms with van der Waals surface area (Å²) in [4.78, 5) is 30.5. The molecule has 0 bridgehead atoms. The molecule has 1 atom stereocenters. The Labute approximate surface area is 209 Å². The van der Waals surface area contributed by atoms with E-state index < -0.39 is 11.7 Å². The Morgan fingerprint density at radius 2 is 2.00 bits per heavy atom. The third kappa shape index (κ3) is 4.79. The number of benzene rings is 1. The highest BCUT2D eigenvalue weighted by molar-refractivity contribution is 6.06. The first kappa shape index (κ1) is 24.2. The molecule has 0 spiro atoms. The summed E-state index contributed by atoms with van der Waals surface area (Å²) in [6.07, 6.45) is 9.54. The van der Waals surface area contributed by atoms with E-state index in [0.29, 0.717) is 30.5 Å². The van der Waals surface area contributed by atoms with Gasteiger partial charge in [-0.3, -0.25) is 9.36 Å². The van der Waals surface area contributed by atoms with E-state index in [0.717, 1.165) is 54.8 Å². The van der Waals surface area contributed by atoms with Crippen molar-refractivity contribution < 1.29 is 13.9 Å². The van der Waals surface area contributed by atoms with E-state index in [4.69, 9.17) is 4.74 Å². The monoisotopic (exact) mass is 493 g/mol. The number of amides is 1. The Hall–Kier alpha value is -3.49. The lowest BCUT2D eigenvalue weighted by atomic mass is 9.86. The molecule has 1 amide bonds. The average molecular weight is 494 g/mol. The smallest absolute Gasteiger partial charge is 0.350 e. The summed E-state index contributed by atoms with van der Waals surface area (Å²) in [6, 6.07) is 6.19. The zero-order valence-corrected chi connectivity index (χ0v) is 20.8. The molecule has 3 aromatic rings. The topological polar surface area (TPSA) is 91.0 Å². The standard InChI is InChI=1S/C27H32FN5O3/c1-17-9-8-13-29-25(17)30-26(34)20-15-21(28)22(33-27(35)32-14-7-6-12-24(32)31-33)16-23(20)36-18(2)19-10-4-3-5-11-19/h8-9,13,15-16,18-19H,3-7,10-12,14H2,1-2H3,(H,29,30,34)/t18-/m0/s1. The number of hydrogen-bond acceptors (Lipinski definition) is 5. The number of hydrogen-bond donors (Lipinski definition) is 1. The maximum atomic E-state index is 15.5. The Bertz CT molecular complexity index is 1330. The number of fused-ring (bicyclic) bond motifs is 1. The highest BCUT2D eigenvalue weighted by Gasteiger charge is 2.27. The fourth-order valence-electron chi connectivity index (χ4n) is 5.23. The molecule has 3 heterocycles. The van der Waals surface area contributed by atoms with Gasteiger partial charge in [0.05, 0.1) is 11.7 Å². The van der Waals surface area contributed by atoms with Crippen LogP contribution in [0.4, 0.5) is 10.2 Å². The summed E-state index contributed by atoms with van der Waals surface area (Å²) in [5.74, 6) is 0.391. The van der Waals surface area contributed by atoms with Crippen molar-refractivity contribution in [3.05, 3.63) is 63.7 Å². The lowest BCUT2D eigenvalue weighted by Crippen LogP contribution is -2.28. The summed E-state index contributed by atoms with van der Waals surface area (Å²) < 4.78 is 24.5. The number of nitrogens with zero attached hydrogens (tertiary/aromatic N) is 4. The maximum Gasteiger partial charge on any atom is 0.350 e. The molecule has 2 aromatic heterocycles. The largest absolute Gasteiger partial charge is 0.490 e. The molecule has 1 aromatic carbocycles. The number of carbonyl (C=O) groups excluding carboxylic acids is 1. The van der Waals surface area contributed by atoms with E-state index in [1.54, 1.807) is 16.8 Å². The number of nitrogens with one attached hydrogen (secondary N) is 1. The van der Waals surface area contributed by atoms with Crippen molar-refractivity contribution in [1.82, 2.24) is 19.3 Å². The summed E-state index contributed by atoms with van der Waals surface area (Å²) >= 11 is 0. The van der Waals surface area contributed by atoms with E-state index in [2.05, 4.69) is 15.4 Å². The second-order valence-electron chi connectivity index (χ2n) is 9.86. The van der Waals surface area contributed by atoms with Gasteiger partial charge in [0.15, 0.2) is 0 Å². The van der Waals surface area contributed by atoms with Crippen LogP contribution in [0, 0.1) is 18.7 Å². The quantitative estimate of drug-likeness (QED) is 0.532. The van der Waals surface area contributed by atoms with E-state index in [-0.39, 0.29) is 28.8 Å². The van der Waals surface area contributed by atoms with Gasteiger partial charge in [-0.25, -0.2) is 14.2 Å². The van der Waals surface area contributed by atoms with Gasteiger partial charge < -0.3 is 10.1 Å². The van der Waals surface area contributed by atoms with E-state index in [1.807, 2.05) is 19.9 Å². The van der Waals surface area contributed by atoms with Gasteiger partial charge >= 0.3 is 5.69 Å². The van der Waals surface area contributed by atoms with Crippen molar-refractivity contribution in [2.75, 3.05) is 5.32 Å². The molecular weight excluding hydrogens is 461 g/mol. The van der Waals surface area contributed by atoms with E-state index >= 15 is 4.39 Å². The van der Waals surface area contributed by atoms with Gasteiger partial charge in [0, 0.05) is 25.2 Å². The van der Waals surface area contributed by atoms with Gasteiger partial charge in [-0.15, -0.1) is 5.10 Å². The van der Waals surface area contributed by atoms with Crippen molar-refractivity contribution >= 4 is 11.7 Å². The molecule has 0 radical (unpaired) electrons. The molecule has 1 aliphatic heterocycles. The van der Waals surface area contributed by atoms with Gasteiger partial charge in [0.1, 0.15) is 28.9 Å². The minimum Gasteiger partial charge on any atom is -0.490 e.